The molecule has 0 radical (unpaired) electrons. The zero-order valence-electron chi connectivity index (χ0n) is 12.5. The van der Waals surface area contributed by atoms with E-state index in [1.54, 1.807) is 4.68 Å². The van der Waals surface area contributed by atoms with Crippen molar-refractivity contribution < 1.29 is 4.79 Å². The first-order valence-corrected chi connectivity index (χ1v) is 7.25. The second kappa shape index (κ2) is 7.04. The number of nitrogens with zero attached hydrogens (tertiary/aromatic N) is 2. The summed E-state index contributed by atoms with van der Waals surface area (Å²) >= 11 is 0. The third kappa shape index (κ3) is 4.16. The van der Waals surface area contributed by atoms with E-state index in [0.29, 0.717) is 18.8 Å². The molecule has 0 saturated carbocycles. The molecule has 0 aliphatic carbocycles. The van der Waals surface area contributed by atoms with Crippen LogP contribution in [0.5, 0.6) is 0 Å². The largest absolute Gasteiger partial charge is 0.320 e. The molecule has 0 fully saturated rings. The number of anilines is 1. The highest BCUT2D eigenvalue weighted by Crippen LogP contribution is 2.13. The molecule has 2 rings (SSSR count). The fourth-order valence-electron chi connectivity index (χ4n) is 2.18. The Kier molecular flexibility index (Phi) is 5.11. The van der Waals surface area contributed by atoms with Crippen molar-refractivity contribution in [3.63, 3.8) is 0 Å². The third-order valence-electron chi connectivity index (χ3n) is 3.27. The van der Waals surface area contributed by atoms with Crippen LogP contribution >= 0.6 is 0 Å². The molecule has 5 nitrogen and oxygen atoms in total. The van der Waals surface area contributed by atoms with Gasteiger partial charge in [-0.05, 0) is 18.9 Å². The van der Waals surface area contributed by atoms with Gasteiger partial charge in [-0.3, -0.25) is 4.79 Å². The van der Waals surface area contributed by atoms with Gasteiger partial charge in [-0.2, -0.15) is 5.10 Å². The number of aromatic nitrogens is 2. The molecular weight excluding hydrogens is 264 g/mol. The predicted molar refractivity (Wildman–Crippen MR) is 84.0 cm³/mol. The zero-order valence-corrected chi connectivity index (χ0v) is 12.5. The van der Waals surface area contributed by atoms with Crippen molar-refractivity contribution in [3.8, 4) is 0 Å². The summed E-state index contributed by atoms with van der Waals surface area (Å²) in [6.07, 6.45) is 1.56. The Hall–Kier alpha value is -2.14. The number of aryl methyl sites for hydroxylation is 1. The predicted octanol–water partition coefficient (Wildman–Crippen LogP) is 2.31. The minimum atomic E-state index is -0.476. The quantitative estimate of drug-likeness (QED) is 0.856. The Balaban J connectivity index is 2.12. The van der Waals surface area contributed by atoms with Gasteiger partial charge in [0.1, 0.15) is 5.82 Å². The van der Waals surface area contributed by atoms with Gasteiger partial charge in [-0.25, -0.2) is 4.68 Å². The first kappa shape index (κ1) is 15.3. The van der Waals surface area contributed by atoms with Crippen LogP contribution in [0.15, 0.2) is 36.4 Å². The van der Waals surface area contributed by atoms with Gasteiger partial charge in [0.05, 0.1) is 18.3 Å². The smallest absolute Gasteiger partial charge is 0.242 e. The number of benzene rings is 1. The standard InChI is InChI=1S/C16H22N4O/c1-3-7-14(17)16(21)18-15-10-12(2)19-20(15)11-13-8-5-4-6-9-13/h4-6,8-10,14H,3,7,11,17H2,1-2H3,(H,18,21). The molecule has 1 aromatic heterocycles. The molecule has 0 saturated heterocycles. The minimum absolute atomic E-state index is 0.161. The Morgan fingerprint density at radius 2 is 2.10 bits per heavy atom. The maximum Gasteiger partial charge on any atom is 0.242 e. The molecule has 3 N–H and O–H groups in total. The number of nitrogens with one attached hydrogen (secondary N) is 1. The highest BCUT2D eigenvalue weighted by Gasteiger charge is 2.15. The van der Waals surface area contributed by atoms with Crippen molar-refractivity contribution in [1.82, 2.24) is 9.78 Å². The molecule has 21 heavy (non-hydrogen) atoms. The number of carbonyl (C=O) groups excluding carboxylic acids is 1. The van der Waals surface area contributed by atoms with Crippen LogP contribution in [0.2, 0.25) is 0 Å². The van der Waals surface area contributed by atoms with Crippen LogP contribution in [0.25, 0.3) is 0 Å². The summed E-state index contributed by atoms with van der Waals surface area (Å²) in [5, 5.41) is 7.30. The average Bonchev–Trinajstić information content (AvgIpc) is 2.80. The fourth-order valence-corrected chi connectivity index (χ4v) is 2.18. The van der Waals surface area contributed by atoms with E-state index in [2.05, 4.69) is 10.4 Å². The summed E-state index contributed by atoms with van der Waals surface area (Å²) < 4.78 is 1.79. The zero-order chi connectivity index (χ0) is 15.2. The lowest BCUT2D eigenvalue weighted by molar-refractivity contribution is -0.117. The van der Waals surface area contributed by atoms with Gasteiger partial charge < -0.3 is 11.1 Å². The van der Waals surface area contributed by atoms with Gasteiger partial charge in [0, 0.05) is 6.07 Å². The third-order valence-corrected chi connectivity index (χ3v) is 3.27. The van der Waals surface area contributed by atoms with E-state index in [9.17, 15) is 4.79 Å². The highest BCUT2D eigenvalue weighted by molar-refractivity contribution is 5.94. The normalized spacial score (nSPS) is 12.1. The van der Waals surface area contributed by atoms with Crippen molar-refractivity contribution in [2.45, 2.75) is 39.3 Å². The summed E-state index contributed by atoms with van der Waals surface area (Å²) in [6, 6.07) is 11.4. The van der Waals surface area contributed by atoms with Gasteiger partial charge >= 0.3 is 0 Å². The van der Waals surface area contributed by atoms with Gasteiger partial charge in [0.15, 0.2) is 0 Å². The van der Waals surface area contributed by atoms with Gasteiger partial charge in [0.2, 0.25) is 5.91 Å². The molecular formula is C16H22N4O. The molecule has 0 bridgehead atoms. The highest BCUT2D eigenvalue weighted by atomic mass is 16.2. The van der Waals surface area contributed by atoms with Crippen LogP contribution in [-0.2, 0) is 11.3 Å². The molecule has 1 amide bonds. The van der Waals surface area contributed by atoms with E-state index < -0.39 is 6.04 Å². The summed E-state index contributed by atoms with van der Waals surface area (Å²) in [7, 11) is 0. The number of hydrogen-bond acceptors (Lipinski definition) is 3. The van der Waals surface area contributed by atoms with E-state index in [0.717, 1.165) is 17.7 Å². The summed E-state index contributed by atoms with van der Waals surface area (Å²) in [4.78, 5) is 12.0. The van der Waals surface area contributed by atoms with E-state index in [1.807, 2.05) is 50.2 Å². The maximum atomic E-state index is 12.0. The van der Waals surface area contributed by atoms with Crippen molar-refractivity contribution in [2.75, 3.05) is 5.32 Å². The van der Waals surface area contributed by atoms with Gasteiger partial charge in [-0.15, -0.1) is 0 Å². The molecule has 1 unspecified atom stereocenters. The van der Waals surface area contributed by atoms with E-state index in [4.69, 9.17) is 5.73 Å². The number of hydrogen-bond donors (Lipinski definition) is 2. The number of nitrogens with two attached hydrogens (primary N) is 1. The topological polar surface area (TPSA) is 72.9 Å². The van der Waals surface area contributed by atoms with E-state index in [-0.39, 0.29) is 5.91 Å². The van der Waals surface area contributed by atoms with Crippen LogP contribution in [0, 0.1) is 6.92 Å². The van der Waals surface area contributed by atoms with E-state index in [1.165, 1.54) is 0 Å². The van der Waals surface area contributed by atoms with Crippen LogP contribution < -0.4 is 11.1 Å². The lowest BCUT2D eigenvalue weighted by atomic mass is 10.2. The molecule has 0 aliphatic rings. The second-order valence-corrected chi connectivity index (χ2v) is 5.20. The Labute approximate surface area is 125 Å². The Bertz CT molecular complexity index is 592. The summed E-state index contributed by atoms with van der Waals surface area (Å²) in [5.74, 6) is 0.527. The first-order chi connectivity index (χ1) is 10.1. The summed E-state index contributed by atoms with van der Waals surface area (Å²) in [6.45, 7) is 4.54. The van der Waals surface area contributed by atoms with Gasteiger partial charge in [0.25, 0.3) is 0 Å². The maximum absolute atomic E-state index is 12.0. The van der Waals surface area contributed by atoms with Crippen LogP contribution in [0.4, 0.5) is 5.82 Å². The van der Waals surface area contributed by atoms with Crippen LogP contribution in [0.3, 0.4) is 0 Å². The second-order valence-electron chi connectivity index (χ2n) is 5.20. The van der Waals surface area contributed by atoms with Crippen molar-refractivity contribution in [3.05, 3.63) is 47.7 Å². The molecule has 2 aromatic rings. The minimum Gasteiger partial charge on any atom is -0.320 e. The molecule has 0 spiro atoms. The number of carbonyl (C=O) groups is 1. The molecule has 5 heteroatoms. The van der Waals surface area contributed by atoms with Gasteiger partial charge in [-0.1, -0.05) is 43.7 Å². The Morgan fingerprint density at radius 3 is 2.76 bits per heavy atom. The van der Waals surface area contributed by atoms with Crippen molar-refractivity contribution in [1.29, 1.82) is 0 Å². The number of amides is 1. The average molecular weight is 286 g/mol. The van der Waals surface area contributed by atoms with E-state index >= 15 is 0 Å². The molecule has 112 valence electrons. The lowest BCUT2D eigenvalue weighted by Gasteiger charge is -2.12. The first-order valence-electron chi connectivity index (χ1n) is 7.25. The Morgan fingerprint density at radius 1 is 1.38 bits per heavy atom. The number of rotatable bonds is 6. The summed E-state index contributed by atoms with van der Waals surface area (Å²) in [5.41, 5.74) is 7.84. The van der Waals surface area contributed by atoms with Crippen LogP contribution in [0.1, 0.15) is 31.0 Å². The lowest BCUT2D eigenvalue weighted by Crippen LogP contribution is -2.36. The molecule has 1 heterocycles. The van der Waals surface area contributed by atoms with Crippen molar-refractivity contribution in [2.24, 2.45) is 5.73 Å². The molecule has 1 aromatic carbocycles. The SMILES string of the molecule is CCCC(N)C(=O)Nc1cc(C)nn1Cc1ccccc1. The molecule has 0 aliphatic heterocycles. The van der Waals surface area contributed by atoms with Crippen LogP contribution in [-0.4, -0.2) is 21.7 Å². The molecule has 1 atom stereocenters. The van der Waals surface area contributed by atoms with Crippen molar-refractivity contribution >= 4 is 11.7 Å². The fraction of sp³-hybridized carbons (Fsp3) is 0.375. The monoisotopic (exact) mass is 286 g/mol.